The maximum absolute atomic E-state index is 11.2. The predicted molar refractivity (Wildman–Crippen MR) is 51.1 cm³/mol. The topological polar surface area (TPSA) is 84.4 Å². The average Bonchev–Trinajstić information content (AvgIpc) is 2.39. The van der Waals surface area contributed by atoms with Crippen LogP contribution >= 0.6 is 0 Å². The lowest BCUT2D eigenvalue weighted by Gasteiger charge is -2.15. The Morgan fingerprint density at radius 2 is 2.31 bits per heavy atom. The van der Waals surface area contributed by atoms with Crippen LogP contribution in [0, 0.1) is 0 Å². The van der Waals surface area contributed by atoms with E-state index in [-0.39, 0.29) is 11.9 Å². The summed E-state index contributed by atoms with van der Waals surface area (Å²) in [6.07, 6.45) is 0.497. The second kappa shape index (κ2) is 5.16. The van der Waals surface area contributed by atoms with Crippen molar-refractivity contribution in [2.75, 3.05) is 32.7 Å². The Labute approximate surface area is 78.4 Å². The highest BCUT2D eigenvalue weighted by atomic mass is 16.2. The number of amides is 1. The Morgan fingerprint density at radius 1 is 1.54 bits per heavy atom. The fourth-order valence-corrected chi connectivity index (χ4v) is 1.46. The zero-order valence-electron chi connectivity index (χ0n) is 7.83. The van der Waals surface area contributed by atoms with Crippen molar-refractivity contribution in [1.29, 1.82) is 0 Å². The fraction of sp³-hybridized carbons (Fsp3) is 0.875. The third-order valence-electron chi connectivity index (χ3n) is 2.12. The van der Waals surface area contributed by atoms with Gasteiger partial charge in [-0.05, 0) is 0 Å². The molecule has 0 aromatic heterocycles. The average molecular weight is 186 g/mol. The van der Waals surface area contributed by atoms with Crippen LogP contribution in [0.15, 0.2) is 0 Å². The summed E-state index contributed by atoms with van der Waals surface area (Å²) >= 11 is 0. The molecule has 0 aromatic carbocycles. The van der Waals surface area contributed by atoms with Crippen LogP contribution in [0.1, 0.15) is 6.42 Å². The molecule has 0 bridgehead atoms. The van der Waals surface area contributed by atoms with E-state index in [4.69, 9.17) is 11.5 Å². The van der Waals surface area contributed by atoms with Gasteiger partial charge in [-0.25, -0.2) is 0 Å². The summed E-state index contributed by atoms with van der Waals surface area (Å²) in [5, 5.41) is 3.14. The number of nitrogens with one attached hydrogen (secondary N) is 1. The van der Waals surface area contributed by atoms with E-state index < -0.39 is 0 Å². The number of rotatable bonds is 5. The Morgan fingerprint density at radius 3 is 2.85 bits per heavy atom. The van der Waals surface area contributed by atoms with Crippen LogP contribution in [0.3, 0.4) is 0 Å². The molecule has 0 aliphatic carbocycles. The lowest BCUT2D eigenvalue weighted by atomic mass is 10.3. The molecule has 1 amide bonds. The van der Waals surface area contributed by atoms with Gasteiger partial charge >= 0.3 is 0 Å². The van der Waals surface area contributed by atoms with Gasteiger partial charge in [0.25, 0.3) is 0 Å². The van der Waals surface area contributed by atoms with Crippen molar-refractivity contribution in [3.05, 3.63) is 0 Å². The molecule has 0 radical (unpaired) electrons. The van der Waals surface area contributed by atoms with Crippen molar-refractivity contribution >= 4 is 5.91 Å². The van der Waals surface area contributed by atoms with Gasteiger partial charge in [-0.3, -0.25) is 4.79 Å². The summed E-state index contributed by atoms with van der Waals surface area (Å²) in [4.78, 5) is 13.0. The smallest absolute Gasteiger partial charge is 0.224 e. The molecule has 1 aliphatic rings. The molecule has 5 nitrogen and oxygen atoms in total. The van der Waals surface area contributed by atoms with E-state index in [0.717, 1.165) is 19.6 Å². The van der Waals surface area contributed by atoms with Gasteiger partial charge in [-0.1, -0.05) is 0 Å². The molecule has 0 saturated carbocycles. The second-order valence-electron chi connectivity index (χ2n) is 3.34. The summed E-state index contributed by atoms with van der Waals surface area (Å²) in [5.41, 5.74) is 11.0. The summed E-state index contributed by atoms with van der Waals surface area (Å²) < 4.78 is 0. The lowest BCUT2D eigenvalue weighted by Crippen LogP contribution is -2.36. The maximum Gasteiger partial charge on any atom is 0.224 e. The van der Waals surface area contributed by atoms with Crippen LogP contribution in [0.25, 0.3) is 0 Å². The van der Waals surface area contributed by atoms with E-state index in [1.165, 1.54) is 0 Å². The number of nitrogens with two attached hydrogens (primary N) is 2. The van der Waals surface area contributed by atoms with Gasteiger partial charge in [0.05, 0.1) is 0 Å². The Hall–Kier alpha value is -0.650. The molecule has 13 heavy (non-hydrogen) atoms. The molecule has 1 rings (SSSR count). The Bertz CT molecular complexity index is 174. The molecule has 1 heterocycles. The van der Waals surface area contributed by atoms with Crippen LogP contribution in [-0.2, 0) is 4.79 Å². The first-order chi connectivity index (χ1) is 6.24. The first-order valence-electron chi connectivity index (χ1n) is 4.68. The fourth-order valence-electron chi connectivity index (χ4n) is 1.46. The molecular weight excluding hydrogens is 168 g/mol. The SMILES string of the molecule is NCCNCCN1CC(N)CC1=O. The summed E-state index contributed by atoms with van der Waals surface area (Å²) in [6.45, 7) is 3.67. The van der Waals surface area contributed by atoms with Gasteiger partial charge in [0, 0.05) is 45.2 Å². The zero-order chi connectivity index (χ0) is 9.68. The quantitative estimate of drug-likeness (QED) is 0.438. The van der Waals surface area contributed by atoms with Gasteiger partial charge in [0.1, 0.15) is 0 Å². The highest BCUT2D eigenvalue weighted by Gasteiger charge is 2.25. The molecule has 5 N–H and O–H groups in total. The minimum atomic E-state index is 0.0296. The largest absolute Gasteiger partial charge is 0.340 e. The first-order valence-corrected chi connectivity index (χ1v) is 4.68. The molecule has 1 atom stereocenters. The van der Waals surface area contributed by atoms with Crippen LogP contribution in [-0.4, -0.2) is 49.6 Å². The predicted octanol–water partition coefficient (Wildman–Crippen LogP) is -1.91. The van der Waals surface area contributed by atoms with Crippen molar-refractivity contribution in [2.45, 2.75) is 12.5 Å². The van der Waals surface area contributed by atoms with Crippen molar-refractivity contribution in [1.82, 2.24) is 10.2 Å². The number of carbonyl (C=O) groups excluding carboxylic acids is 1. The number of carbonyl (C=O) groups is 1. The summed E-state index contributed by atoms with van der Waals surface area (Å²) in [7, 11) is 0. The van der Waals surface area contributed by atoms with Crippen LogP contribution < -0.4 is 16.8 Å². The third-order valence-corrected chi connectivity index (χ3v) is 2.12. The van der Waals surface area contributed by atoms with Gasteiger partial charge < -0.3 is 21.7 Å². The van der Waals surface area contributed by atoms with E-state index in [9.17, 15) is 4.79 Å². The van der Waals surface area contributed by atoms with Crippen molar-refractivity contribution in [3.63, 3.8) is 0 Å². The van der Waals surface area contributed by atoms with E-state index in [0.29, 0.717) is 19.5 Å². The minimum Gasteiger partial charge on any atom is -0.340 e. The Kier molecular flexibility index (Phi) is 4.14. The molecule has 1 fully saturated rings. The van der Waals surface area contributed by atoms with E-state index in [2.05, 4.69) is 5.32 Å². The van der Waals surface area contributed by atoms with Gasteiger partial charge in [-0.15, -0.1) is 0 Å². The van der Waals surface area contributed by atoms with E-state index >= 15 is 0 Å². The maximum atomic E-state index is 11.2. The highest BCUT2D eigenvalue weighted by molar-refractivity contribution is 5.79. The normalized spacial score (nSPS) is 22.8. The number of nitrogens with zero attached hydrogens (tertiary/aromatic N) is 1. The standard InChI is InChI=1S/C8H18N4O/c9-1-2-11-3-4-12-6-7(10)5-8(12)13/h7,11H,1-6,9-10H2. The van der Waals surface area contributed by atoms with Crippen LogP contribution in [0.2, 0.25) is 0 Å². The van der Waals surface area contributed by atoms with Crippen molar-refractivity contribution < 1.29 is 4.79 Å². The summed E-state index contributed by atoms with van der Waals surface area (Å²) in [6, 6.07) is 0.0296. The third kappa shape index (κ3) is 3.30. The second-order valence-corrected chi connectivity index (χ2v) is 3.34. The zero-order valence-corrected chi connectivity index (χ0v) is 7.83. The molecule has 1 unspecified atom stereocenters. The highest BCUT2D eigenvalue weighted by Crippen LogP contribution is 2.07. The number of hydrogen-bond acceptors (Lipinski definition) is 4. The minimum absolute atomic E-state index is 0.0296. The van der Waals surface area contributed by atoms with E-state index in [1.54, 1.807) is 4.90 Å². The molecule has 76 valence electrons. The Balaban J connectivity index is 2.11. The molecular formula is C8H18N4O. The number of likely N-dealkylation sites (tertiary alicyclic amines) is 1. The molecule has 1 aliphatic heterocycles. The van der Waals surface area contributed by atoms with Crippen molar-refractivity contribution in [3.8, 4) is 0 Å². The number of hydrogen-bond donors (Lipinski definition) is 3. The van der Waals surface area contributed by atoms with Gasteiger partial charge in [0.2, 0.25) is 5.91 Å². The van der Waals surface area contributed by atoms with Crippen LogP contribution in [0.5, 0.6) is 0 Å². The molecule has 1 saturated heterocycles. The van der Waals surface area contributed by atoms with E-state index in [1.807, 2.05) is 0 Å². The first kappa shape index (κ1) is 10.4. The molecule has 0 aromatic rings. The van der Waals surface area contributed by atoms with Gasteiger partial charge in [0.15, 0.2) is 0 Å². The summed E-state index contributed by atoms with van der Waals surface area (Å²) in [5.74, 6) is 0.169. The molecule has 5 heteroatoms. The van der Waals surface area contributed by atoms with Crippen molar-refractivity contribution in [2.24, 2.45) is 11.5 Å². The van der Waals surface area contributed by atoms with Gasteiger partial charge in [-0.2, -0.15) is 0 Å². The molecule has 0 spiro atoms. The van der Waals surface area contributed by atoms with Crippen LogP contribution in [0.4, 0.5) is 0 Å². The lowest BCUT2D eigenvalue weighted by molar-refractivity contribution is -0.127. The monoisotopic (exact) mass is 186 g/mol.